The lowest BCUT2D eigenvalue weighted by Gasteiger charge is -2.03. The van der Waals surface area contributed by atoms with Crippen LogP contribution in [0.2, 0.25) is 0 Å². The van der Waals surface area contributed by atoms with Gasteiger partial charge in [-0.15, -0.1) is 0 Å². The second-order valence-electron chi connectivity index (χ2n) is 3.89. The van der Waals surface area contributed by atoms with Gasteiger partial charge in [0.05, 0.1) is 7.11 Å². The van der Waals surface area contributed by atoms with Crippen molar-refractivity contribution in [3.05, 3.63) is 30.0 Å². The monoisotopic (exact) mass is 292 g/mol. The first-order valence-corrected chi connectivity index (χ1v) is 5.90. The predicted octanol–water partition coefficient (Wildman–Crippen LogP) is -1.11. The van der Waals surface area contributed by atoms with Crippen LogP contribution in [-0.2, 0) is 9.63 Å². The van der Waals surface area contributed by atoms with E-state index in [1.54, 1.807) is 18.2 Å². The fourth-order valence-electron chi connectivity index (χ4n) is 1.51. The number of aromatic nitrogens is 2. The van der Waals surface area contributed by atoms with Gasteiger partial charge in [0.25, 0.3) is 0 Å². The maximum atomic E-state index is 10.9. The zero-order valence-electron chi connectivity index (χ0n) is 11.4. The molecule has 0 atom stereocenters. The van der Waals surface area contributed by atoms with Crippen molar-refractivity contribution in [1.29, 1.82) is 0 Å². The third-order valence-corrected chi connectivity index (χ3v) is 2.41. The Morgan fingerprint density at radius 1 is 1.38 bits per heavy atom. The number of methoxy groups -OCH3 is 1. The summed E-state index contributed by atoms with van der Waals surface area (Å²) in [5.74, 6) is 0.263. The lowest BCUT2D eigenvalue weighted by atomic mass is 10.3. The molecule has 1 heterocycles. The van der Waals surface area contributed by atoms with E-state index < -0.39 is 5.97 Å². The minimum Gasteiger partial charge on any atom is -0.492 e. The largest absolute Gasteiger partial charge is 0.492 e. The Bertz CT molecular complexity index is 667. The summed E-state index contributed by atoms with van der Waals surface area (Å²) in [6, 6.07) is 7.14. The van der Waals surface area contributed by atoms with Crippen LogP contribution in [0, 0.1) is 0 Å². The first-order valence-electron chi connectivity index (χ1n) is 5.90. The molecule has 0 unspecified atom stereocenters. The molecule has 2 rings (SSSR count). The SMILES string of the molecule is COc1ccccc1[NH+]=C(NOC(C)=O)c1nonc1N. The summed E-state index contributed by atoms with van der Waals surface area (Å²) in [5.41, 5.74) is 8.83. The zero-order chi connectivity index (χ0) is 15.2. The maximum Gasteiger partial charge on any atom is 0.354 e. The van der Waals surface area contributed by atoms with E-state index in [9.17, 15) is 4.79 Å². The first kappa shape index (κ1) is 14.3. The molecular formula is C12H14N5O4+. The average Bonchev–Trinajstić information content (AvgIpc) is 2.89. The number of nitrogens with two attached hydrogens (primary N) is 1. The van der Waals surface area contributed by atoms with Gasteiger partial charge in [-0.1, -0.05) is 17.6 Å². The van der Waals surface area contributed by atoms with Crippen LogP contribution in [0.15, 0.2) is 28.9 Å². The third kappa shape index (κ3) is 3.47. The third-order valence-electron chi connectivity index (χ3n) is 2.41. The number of rotatable bonds is 3. The maximum absolute atomic E-state index is 10.9. The Labute approximate surface area is 119 Å². The van der Waals surface area contributed by atoms with E-state index >= 15 is 0 Å². The Morgan fingerprint density at radius 3 is 2.76 bits per heavy atom. The van der Waals surface area contributed by atoms with Crippen molar-refractivity contribution in [3.8, 4) is 5.75 Å². The Balaban J connectivity index is 2.41. The van der Waals surface area contributed by atoms with Crippen molar-refractivity contribution in [3.63, 3.8) is 0 Å². The number of amidine groups is 1. The van der Waals surface area contributed by atoms with Crippen molar-refractivity contribution < 1.29 is 24.0 Å². The Morgan fingerprint density at radius 2 is 2.14 bits per heavy atom. The molecular weight excluding hydrogens is 278 g/mol. The van der Waals surface area contributed by atoms with Crippen LogP contribution in [0.25, 0.3) is 0 Å². The van der Waals surface area contributed by atoms with E-state index in [1.165, 1.54) is 14.0 Å². The number of hydroxylamine groups is 1. The molecule has 1 aromatic heterocycles. The lowest BCUT2D eigenvalue weighted by Crippen LogP contribution is -2.70. The minimum absolute atomic E-state index is 0.0343. The number of hydrogen-bond acceptors (Lipinski definition) is 7. The van der Waals surface area contributed by atoms with Crippen LogP contribution in [0.3, 0.4) is 0 Å². The average molecular weight is 292 g/mol. The van der Waals surface area contributed by atoms with E-state index in [0.29, 0.717) is 11.4 Å². The van der Waals surface area contributed by atoms with Crippen LogP contribution < -0.4 is 20.9 Å². The van der Waals surface area contributed by atoms with Gasteiger partial charge < -0.3 is 10.5 Å². The topological polar surface area (TPSA) is 126 Å². The summed E-state index contributed by atoms with van der Waals surface area (Å²) >= 11 is 0. The molecule has 0 bridgehead atoms. The predicted molar refractivity (Wildman–Crippen MR) is 71.3 cm³/mol. The summed E-state index contributed by atoms with van der Waals surface area (Å²) in [7, 11) is 1.53. The van der Waals surface area contributed by atoms with E-state index in [0.717, 1.165) is 0 Å². The highest BCUT2D eigenvalue weighted by Crippen LogP contribution is 2.17. The van der Waals surface area contributed by atoms with E-state index in [4.69, 9.17) is 15.3 Å². The quantitative estimate of drug-likeness (QED) is 0.369. The molecule has 9 nitrogen and oxygen atoms in total. The number of ether oxygens (including phenoxy) is 1. The van der Waals surface area contributed by atoms with Gasteiger partial charge in [-0.25, -0.2) is 14.4 Å². The number of hydrogen-bond donors (Lipinski definition) is 3. The molecule has 0 radical (unpaired) electrons. The summed E-state index contributed by atoms with van der Waals surface area (Å²) in [5, 5.41) is 7.11. The number of nitrogens with one attached hydrogen (secondary N) is 2. The number of benzene rings is 1. The highest BCUT2D eigenvalue weighted by Gasteiger charge is 2.22. The number of carbonyl (C=O) groups is 1. The van der Waals surface area contributed by atoms with Gasteiger partial charge in [0.1, 0.15) is 0 Å². The fraction of sp³-hybridized carbons (Fsp3) is 0.167. The van der Waals surface area contributed by atoms with Crippen molar-refractivity contribution in [2.45, 2.75) is 6.92 Å². The molecule has 0 saturated heterocycles. The van der Waals surface area contributed by atoms with Crippen molar-refractivity contribution in [1.82, 2.24) is 15.8 Å². The highest BCUT2D eigenvalue weighted by molar-refractivity contribution is 5.96. The summed E-state index contributed by atoms with van der Waals surface area (Å²) < 4.78 is 9.75. The summed E-state index contributed by atoms with van der Waals surface area (Å²) in [6.45, 7) is 1.25. The van der Waals surface area contributed by atoms with E-state index in [1.807, 2.05) is 6.07 Å². The summed E-state index contributed by atoms with van der Waals surface area (Å²) in [4.78, 5) is 18.6. The Hall–Kier alpha value is -3.10. The normalized spacial score (nSPS) is 11.0. The smallest absolute Gasteiger partial charge is 0.354 e. The molecule has 21 heavy (non-hydrogen) atoms. The van der Waals surface area contributed by atoms with E-state index in [-0.39, 0.29) is 17.3 Å². The molecule has 2 aromatic rings. The molecule has 0 aliphatic carbocycles. The second kappa shape index (κ2) is 6.37. The molecule has 110 valence electrons. The number of nitrogens with zero attached hydrogens (tertiary/aromatic N) is 2. The Kier molecular flexibility index (Phi) is 4.34. The molecule has 0 amide bonds. The molecule has 1 aromatic carbocycles. The zero-order valence-corrected chi connectivity index (χ0v) is 11.4. The van der Waals surface area contributed by atoms with Gasteiger partial charge in [-0.3, -0.25) is 4.84 Å². The van der Waals surface area contributed by atoms with Crippen LogP contribution >= 0.6 is 0 Å². The van der Waals surface area contributed by atoms with Crippen LogP contribution in [0.5, 0.6) is 5.75 Å². The molecule has 0 fully saturated rings. The van der Waals surface area contributed by atoms with Gasteiger partial charge in [0.2, 0.25) is 11.5 Å². The van der Waals surface area contributed by atoms with Crippen molar-refractivity contribution >= 4 is 23.3 Å². The van der Waals surface area contributed by atoms with Crippen molar-refractivity contribution in [2.75, 3.05) is 12.8 Å². The number of nitrogen functional groups attached to an aromatic ring is 1. The van der Waals surface area contributed by atoms with Gasteiger partial charge in [0.15, 0.2) is 11.4 Å². The van der Waals surface area contributed by atoms with E-state index in [2.05, 4.69) is 25.4 Å². The molecule has 0 saturated carbocycles. The molecule has 4 N–H and O–H groups in total. The lowest BCUT2D eigenvalue weighted by molar-refractivity contribution is -0.360. The number of para-hydroxylation sites is 2. The summed E-state index contributed by atoms with van der Waals surface area (Å²) in [6.07, 6.45) is 0. The standard InChI is InChI=1S/C12H13N5O4/c1-7(18)20-17-12(10-11(13)16-21-15-10)14-8-5-3-4-6-9(8)19-2/h3-6H,1-2H3,(H2,13,16)(H,14,17)/p+1. The highest BCUT2D eigenvalue weighted by atomic mass is 16.7. The van der Waals surface area contributed by atoms with Gasteiger partial charge in [-0.2, -0.15) is 0 Å². The van der Waals surface area contributed by atoms with Crippen molar-refractivity contribution in [2.24, 2.45) is 0 Å². The molecule has 0 aliphatic heterocycles. The van der Waals surface area contributed by atoms with Gasteiger partial charge >= 0.3 is 11.8 Å². The minimum atomic E-state index is -0.538. The van der Waals surface area contributed by atoms with Gasteiger partial charge in [-0.05, 0) is 22.4 Å². The fourth-order valence-corrected chi connectivity index (χ4v) is 1.51. The molecule has 0 spiro atoms. The van der Waals surface area contributed by atoms with Gasteiger partial charge in [0, 0.05) is 6.92 Å². The molecule has 0 aliphatic rings. The van der Waals surface area contributed by atoms with Crippen LogP contribution in [0.4, 0.5) is 11.5 Å². The number of anilines is 1. The first-order chi connectivity index (χ1) is 10.1. The van der Waals surface area contributed by atoms with Crippen LogP contribution in [0.1, 0.15) is 12.6 Å². The van der Waals surface area contributed by atoms with Crippen LogP contribution in [-0.4, -0.2) is 29.2 Å². The molecule has 9 heteroatoms. The second-order valence-corrected chi connectivity index (χ2v) is 3.89. The number of carbonyl (C=O) groups excluding carboxylic acids is 1.